The normalized spacial score (nSPS) is 22.0. The minimum absolute atomic E-state index is 0.743. The van der Waals surface area contributed by atoms with E-state index in [0.717, 1.165) is 47.9 Å². The lowest BCUT2D eigenvalue weighted by Gasteiger charge is -2.19. The van der Waals surface area contributed by atoms with E-state index in [1.54, 1.807) is 6.20 Å². The lowest BCUT2D eigenvalue weighted by molar-refractivity contribution is 0.712. The minimum atomic E-state index is 0.743. The third kappa shape index (κ3) is 3.36. The molecule has 1 aromatic heterocycles. The number of anilines is 1. The van der Waals surface area contributed by atoms with Gasteiger partial charge < -0.3 is 10.2 Å². The molecule has 1 N–H and O–H groups in total. The summed E-state index contributed by atoms with van der Waals surface area (Å²) < 4.78 is 0. The average molecular weight is 268 g/mol. The topological polar surface area (TPSA) is 28.2 Å². The quantitative estimate of drug-likeness (QED) is 0.859. The molecule has 18 heavy (non-hydrogen) atoms. The standard InChI is InChI=1S/C14H22ClN3/c1-4-16-7-11-6-14(17-8-13(11)15)18(3)9-12-5-10(12)2/h6,8,10,12,16H,4-5,7,9H2,1-3H3. The second kappa shape index (κ2) is 5.89. The van der Waals surface area contributed by atoms with Crippen LogP contribution in [0.1, 0.15) is 25.8 Å². The van der Waals surface area contributed by atoms with Crippen LogP contribution in [0.3, 0.4) is 0 Å². The van der Waals surface area contributed by atoms with E-state index in [-0.39, 0.29) is 0 Å². The molecule has 0 radical (unpaired) electrons. The fraction of sp³-hybridized carbons (Fsp3) is 0.643. The first-order valence-electron chi connectivity index (χ1n) is 6.68. The van der Waals surface area contributed by atoms with Gasteiger partial charge in [0.15, 0.2) is 0 Å². The second-order valence-corrected chi connectivity index (χ2v) is 5.68. The monoisotopic (exact) mass is 267 g/mol. The number of halogens is 1. The molecule has 1 saturated carbocycles. The zero-order chi connectivity index (χ0) is 13.1. The molecular weight excluding hydrogens is 246 g/mol. The number of nitrogens with one attached hydrogen (secondary N) is 1. The largest absolute Gasteiger partial charge is 0.359 e. The SMILES string of the molecule is CCNCc1cc(N(C)CC2CC2C)ncc1Cl. The van der Waals surface area contributed by atoms with Crippen LogP contribution in [0.15, 0.2) is 12.3 Å². The third-order valence-electron chi connectivity index (χ3n) is 3.66. The summed E-state index contributed by atoms with van der Waals surface area (Å²) in [5.74, 6) is 2.73. The van der Waals surface area contributed by atoms with E-state index in [9.17, 15) is 0 Å². The first-order valence-corrected chi connectivity index (χ1v) is 7.06. The van der Waals surface area contributed by atoms with Gasteiger partial charge in [0, 0.05) is 26.3 Å². The van der Waals surface area contributed by atoms with Crippen LogP contribution in [0.25, 0.3) is 0 Å². The highest BCUT2D eigenvalue weighted by molar-refractivity contribution is 6.31. The average Bonchev–Trinajstić information content (AvgIpc) is 3.03. The molecule has 0 aromatic carbocycles. The summed E-state index contributed by atoms with van der Waals surface area (Å²) in [7, 11) is 2.11. The highest BCUT2D eigenvalue weighted by Gasteiger charge is 2.33. The Labute approximate surface area is 115 Å². The van der Waals surface area contributed by atoms with Crippen molar-refractivity contribution in [2.24, 2.45) is 11.8 Å². The highest BCUT2D eigenvalue weighted by Crippen LogP contribution is 2.38. The summed E-state index contributed by atoms with van der Waals surface area (Å²) in [5.41, 5.74) is 1.12. The third-order valence-corrected chi connectivity index (χ3v) is 4.00. The van der Waals surface area contributed by atoms with Crippen LogP contribution in [0.4, 0.5) is 5.82 Å². The fourth-order valence-corrected chi connectivity index (χ4v) is 2.34. The maximum absolute atomic E-state index is 6.16. The molecule has 1 heterocycles. The molecule has 0 spiro atoms. The van der Waals surface area contributed by atoms with Crippen LogP contribution in [-0.4, -0.2) is 25.1 Å². The van der Waals surface area contributed by atoms with Gasteiger partial charge in [-0.05, 0) is 36.4 Å². The van der Waals surface area contributed by atoms with Crippen LogP contribution in [0.2, 0.25) is 5.02 Å². The van der Waals surface area contributed by atoms with Gasteiger partial charge in [0.25, 0.3) is 0 Å². The molecular formula is C14H22ClN3. The Morgan fingerprint density at radius 1 is 1.56 bits per heavy atom. The van der Waals surface area contributed by atoms with Crippen molar-refractivity contribution >= 4 is 17.4 Å². The predicted octanol–water partition coefficient (Wildman–Crippen LogP) is 2.94. The Morgan fingerprint density at radius 2 is 2.28 bits per heavy atom. The van der Waals surface area contributed by atoms with Crippen molar-refractivity contribution in [1.82, 2.24) is 10.3 Å². The van der Waals surface area contributed by atoms with Crippen LogP contribution < -0.4 is 10.2 Å². The Balaban J connectivity index is 2.02. The van der Waals surface area contributed by atoms with Gasteiger partial charge in [-0.1, -0.05) is 25.4 Å². The van der Waals surface area contributed by atoms with Gasteiger partial charge in [-0.15, -0.1) is 0 Å². The number of hydrogen-bond donors (Lipinski definition) is 1. The van der Waals surface area contributed by atoms with Crippen LogP contribution in [0.5, 0.6) is 0 Å². The van der Waals surface area contributed by atoms with Gasteiger partial charge >= 0.3 is 0 Å². The van der Waals surface area contributed by atoms with E-state index in [4.69, 9.17) is 11.6 Å². The van der Waals surface area contributed by atoms with E-state index in [2.05, 4.69) is 42.2 Å². The van der Waals surface area contributed by atoms with Crippen LogP contribution >= 0.6 is 11.6 Å². The van der Waals surface area contributed by atoms with Crippen molar-refractivity contribution in [3.63, 3.8) is 0 Å². The lowest BCUT2D eigenvalue weighted by atomic mass is 10.2. The summed E-state index contributed by atoms with van der Waals surface area (Å²) in [6.07, 6.45) is 3.11. The molecule has 1 aliphatic rings. The van der Waals surface area contributed by atoms with Gasteiger partial charge in [0.1, 0.15) is 5.82 Å². The summed E-state index contributed by atoms with van der Waals surface area (Å²) in [6, 6.07) is 2.10. The minimum Gasteiger partial charge on any atom is -0.359 e. The first kappa shape index (κ1) is 13.6. The van der Waals surface area contributed by atoms with Crippen molar-refractivity contribution in [2.45, 2.75) is 26.8 Å². The Bertz CT molecular complexity index is 408. The van der Waals surface area contributed by atoms with Crippen LogP contribution in [-0.2, 0) is 6.54 Å². The zero-order valence-corrected chi connectivity index (χ0v) is 12.2. The molecule has 3 nitrogen and oxygen atoms in total. The molecule has 2 rings (SSSR count). The molecule has 4 heteroatoms. The van der Waals surface area contributed by atoms with Crippen molar-refractivity contribution in [1.29, 1.82) is 0 Å². The molecule has 1 aliphatic carbocycles. The van der Waals surface area contributed by atoms with E-state index < -0.39 is 0 Å². The maximum atomic E-state index is 6.16. The molecule has 1 aromatic rings. The smallest absolute Gasteiger partial charge is 0.128 e. The summed E-state index contributed by atoms with van der Waals surface area (Å²) in [4.78, 5) is 6.66. The second-order valence-electron chi connectivity index (χ2n) is 5.27. The van der Waals surface area contributed by atoms with Gasteiger partial charge in [0.2, 0.25) is 0 Å². The highest BCUT2D eigenvalue weighted by atomic mass is 35.5. The molecule has 2 unspecified atom stereocenters. The number of hydrogen-bond acceptors (Lipinski definition) is 3. The molecule has 100 valence electrons. The van der Waals surface area contributed by atoms with E-state index >= 15 is 0 Å². The molecule has 0 saturated heterocycles. The van der Waals surface area contributed by atoms with Crippen molar-refractivity contribution in [3.8, 4) is 0 Å². The fourth-order valence-electron chi connectivity index (χ4n) is 2.17. The number of rotatable bonds is 6. The lowest BCUT2D eigenvalue weighted by Crippen LogP contribution is -2.22. The molecule has 0 aliphatic heterocycles. The molecule has 0 amide bonds. The number of pyridine rings is 1. The van der Waals surface area contributed by atoms with Gasteiger partial charge in [-0.25, -0.2) is 4.98 Å². The summed E-state index contributed by atoms with van der Waals surface area (Å²) in [5, 5.41) is 4.04. The Hall–Kier alpha value is -0.800. The molecule has 1 fully saturated rings. The van der Waals surface area contributed by atoms with E-state index in [1.165, 1.54) is 6.42 Å². The number of nitrogens with zero attached hydrogens (tertiary/aromatic N) is 2. The first-order chi connectivity index (χ1) is 8.61. The van der Waals surface area contributed by atoms with Crippen molar-refractivity contribution in [2.75, 3.05) is 25.0 Å². The zero-order valence-electron chi connectivity index (χ0n) is 11.4. The molecule has 2 atom stereocenters. The van der Waals surface area contributed by atoms with Crippen LogP contribution in [0, 0.1) is 11.8 Å². The Morgan fingerprint density at radius 3 is 2.89 bits per heavy atom. The van der Waals surface area contributed by atoms with Crippen molar-refractivity contribution in [3.05, 3.63) is 22.8 Å². The van der Waals surface area contributed by atoms with Crippen molar-refractivity contribution < 1.29 is 0 Å². The Kier molecular flexibility index (Phi) is 4.46. The summed E-state index contributed by atoms with van der Waals surface area (Å²) in [6.45, 7) is 7.25. The summed E-state index contributed by atoms with van der Waals surface area (Å²) >= 11 is 6.16. The maximum Gasteiger partial charge on any atom is 0.128 e. The predicted molar refractivity (Wildman–Crippen MR) is 77.2 cm³/mol. The van der Waals surface area contributed by atoms with E-state index in [0.29, 0.717) is 0 Å². The van der Waals surface area contributed by atoms with Gasteiger partial charge in [-0.3, -0.25) is 0 Å². The van der Waals surface area contributed by atoms with Gasteiger partial charge in [-0.2, -0.15) is 0 Å². The van der Waals surface area contributed by atoms with E-state index in [1.807, 2.05) is 0 Å². The number of aromatic nitrogens is 1. The van der Waals surface area contributed by atoms with Gasteiger partial charge in [0.05, 0.1) is 5.02 Å². The molecule has 0 bridgehead atoms.